The predicted molar refractivity (Wildman–Crippen MR) is 103 cm³/mol. The van der Waals surface area contributed by atoms with E-state index >= 15 is 0 Å². The van der Waals surface area contributed by atoms with Crippen LogP contribution in [0, 0.1) is 5.82 Å². The van der Waals surface area contributed by atoms with E-state index in [-0.39, 0.29) is 41.8 Å². The number of hydrogen-bond acceptors (Lipinski definition) is 5. The Kier molecular flexibility index (Phi) is 4.95. The number of Topliss-reactive ketones (excluding diaryl/α,β-unsaturated/α-hetero) is 1. The van der Waals surface area contributed by atoms with Gasteiger partial charge in [-0.3, -0.25) is 9.59 Å². The molecule has 0 unspecified atom stereocenters. The summed E-state index contributed by atoms with van der Waals surface area (Å²) in [4.78, 5) is 27.2. The van der Waals surface area contributed by atoms with Crippen LogP contribution in [0.2, 0.25) is 0 Å². The topological polar surface area (TPSA) is 91.5 Å². The number of carbonyl (C=O) groups is 2. The summed E-state index contributed by atoms with van der Waals surface area (Å²) in [7, 11) is 0. The maximum Gasteiger partial charge on any atom is 0.248 e. The van der Waals surface area contributed by atoms with Crippen molar-refractivity contribution in [2.75, 3.05) is 6.61 Å². The smallest absolute Gasteiger partial charge is 0.248 e. The first-order valence-electron chi connectivity index (χ1n) is 9.00. The summed E-state index contributed by atoms with van der Waals surface area (Å²) < 4.78 is 25.4. The zero-order chi connectivity index (χ0) is 20.4. The molecular weight excluding hydrogens is 375 g/mol. The number of fused-ring (bicyclic) bond motifs is 1. The predicted octanol–water partition coefficient (Wildman–Crippen LogP) is 3.67. The fourth-order valence-electron chi connectivity index (χ4n) is 3.14. The van der Waals surface area contributed by atoms with E-state index < -0.39 is 11.7 Å². The summed E-state index contributed by atoms with van der Waals surface area (Å²) in [6, 6.07) is 13.2. The largest absolute Gasteiger partial charge is 0.492 e. The van der Waals surface area contributed by atoms with Gasteiger partial charge < -0.3 is 15.2 Å². The zero-order valence-corrected chi connectivity index (χ0v) is 15.4. The fourth-order valence-corrected chi connectivity index (χ4v) is 3.14. The molecule has 0 atom stereocenters. The molecule has 6 nitrogen and oxygen atoms in total. The lowest BCUT2D eigenvalue weighted by atomic mass is 10.0. The van der Waals surface area contributed by atoms with Gasteiger partial charge >= 0.3 is 0 Å². The van der Waals surface area contributed by atoms with Gasteiger partial charge in [0, 0.05) is 36.4 Å². The molecule has 29 heavy (non-hydrogen) atoms. The number of ketones is 1. The van der Waals surface area contributed by atoms with Crippen molar-refractivity contribution in [2.45, 2.75) is 12.8 Å². The van der Waals surface area contributed by atoms with E-state index in [9.17, 15) is 14.0 Å². The molecule has 0 saturated heterocycles. The Balaban J connectivity index is 1.53. The number of halogens is 1. The third-order valence-corrected chi connectivity index (χ3v) is 4.56. The van der Waals surface area contributed by atoms with Crippen LogP contribution in [0.3, 0.4) is 0 Å². The number of nitrogens with zero attached hydrogens (tertiary/aromatic N) is 1. The molecular formula is C22H17FN2O4. The Labute approximate surface area is 166 Å². The molecule has 1 amide bonds. The summed E-state index contributed by atoms with van der Waals surface area (Å²) in [5.74, 6) is -0.754. The number of ether oxygens (including phenoxy) is 2. The SMILES string of the molecule is NC(=O)c1ccc(Cc2ccnc(Oc3cc(F)c4c(c3)OCCC4=O)c2)cc1. The Hall–Kier alpha value is -3.74. The first kappa shape index (κ1) is 18.6. The number of rotatable bonds is 5. The van der Waals surface area contributed by atoms with Gasteiger partial charge in [0.1, 0.15) is 17.3 Å². The number of aromatic nitrogens is 1. The number of pyridine rings is 1. The normalized spacial score (nSPS) is 12.8. The quantitative estimate of drug-likeness (QED) is 0.715. The van der Waals surface area contributed by atoms with Gasteiger partial charge in [0.25, 0.3) is 0 Å². The standard InChI is InChI=1S/C22H17FN2O4/c23-17-11-16(12-19-21(17)18(26)6-8-28-19)29-20-10-14(5-7-25-20)9-13-1-3-15(4-2-13)22(24)27/h1-5,7,10-12H,6,8-9H2,(H2,24,27). The molecule has 1 aliphatic rings. The van der Waals surface area contributed by atoms with Crippen LogP contribution in [0.5, 0.6) is 17.4 Å². The number of benzene rings is 2. The highest BCUT2D eigenvalue weighted by Crippen LogP contribution is 2.33. The Morgan fingerprint density at radius 1 is 1.14 bits per heavy atom. The minimum absolute atomic E-state index is 0.0373. The minimum Gasteiger partial charge on any atom is -0.492 e. The first-order valence-corrected chi connectivity index (χ1v) is 9.00. The zero-order valence-electron chi connectivity index (χ0n) is 15.4. The fraction of sp³-hybridized carbons (Fsp3) is 0.136. The van der Waals surface area contributed by atoms with Crippen LogP contribution >= 0.6 is 0 Å². The third kappa shape index (κ3) is 4.08. The van der Waals surface area contributed by atoms with Gasteiger partial charge in [-0.15, -0.1) is 0 Å². The van der Waals surface area contributed by atoms with Crippen LogP contribution in [0.25, 0.3) is 0 Å². The molecule has 2 aromatic carbocycles. The molecule has 0 aliphatic carbocycles. The molecule has 7 heteroatoms. The van der Waals surface area contributed by atoms with E-state index in [0.29, 0.717) is 12.0 Å². The molecule has 0 saturated carbocycles. The van der Waals surface area contributed by atoms with Crippen molar-refractivity contribution in [1.29, 1.82) is 0 Å². The first-order chi connectivity index (χ1) is 14.0. The van der Waals surface area contributed by atoms with Crippen molar-refractivity contribution in [3.8, 4) is 17.4 Å². The van der Waals surface area contributed by atoms with Gasteiger partial charge in [-0.1, -0.05) is 12.1 Å². The Morgan fingerprint density at radius 3 is 2.69 bits per heavy atom. The summed E-state index contributed by atoms with van der Waals surface area (Å²) in [6.45, 7) is 0.219. The molecule has 3 aromatic rings. The van der Waals surface area contributed by atoms with Crippen molar-refractivity contribution >= 4 is 11.7 Å². The van der Waals surface area contributed by atoms with E-state index in [1.165, 1.54) is 6.07 Å². The Bertz CT molecular complexity index is 1100. The minimum atomic E-state index is -0.673. The molecule has 0 spiro atoms. The van der Waals surface area contributed by atoms with Gasteiger partial charge in [0.2, 0.25) is 11.8 Å². The molecule has 0 radical (unpaired) electrons. The monoisotopic (exact) mass is 392 g/mol. The van der Waals surface area contributed by atoms with Crippen LogP contribution in [-0.4, -0.2) is 23.3 Å². The molecule has 1 aromatic heterocycles. The number of nitrogens with two attached hydrogens (primary N) is 1. The van der Waals surface area contributed by atoms with Crippen molar-refractivity contribution in [2.24, 2.45) is 5.73 Å². The average Bonchev–Trinajstić information content (AvgIpc) is 2.68. The molecule has 146 valence electrons. The summed E-state index contributed by atoms with van der Waals surface area (Å²) >= 11 is 0. The van der Waals surface area contributed by atoms with E-state index in [1.807, 2.05) is 18.2 Å². The average molecular weight is 392 g/mol. The molecule has 4 rings (SSSR count). The van der Waals surface area contributed by atoms with Crippen LogP contribution in [0.1, 0.15) is 38.3 Å². The van der Waals surface area contributed by atoms with E-state index in [1.54, 1.807) is 24.4 Å². The van der Waals surface area contributed by atoms with Crippen molar-refractivity contribution < 1.29 is 23.5 Å². The lowest BCUT2D eigenvalue weighted by Crippen LogP contribution is -2.17. The molecule has 2 heterocycles. The van der Waals surface area contributed by atoms with E-state index in [2.05, 4.69) is 4.98 Å². The van der Waals surface area contributed by atoms with E-state index in [0.717, 1.165) is 17.2 Å². The highest BCUT2D eigenvalue weighted by Gasteiger charge is 2.24. The number of carbonyl (C=O) groups excluding carboxylic acids is 2. The second-order valence-corrected chi connectivity index (χ2v) is 6.64. The highest BCUT2D eigenvalue weighted by atomic mass is 19.1. The van der Waals surface area contributed by atoms with Crippen LogP contribution in [0.4, 0.5) is 4.39 Å². The van der Waals surface area contributed by atoms with Gasteiger partial charge in [0.05, 0.1) is 12.2 Å². The van der Waals surface area contributed by atoms with Crippen LogP contribution in [0.15, 0.2) is 54.7 Å². The number of primary amides is 1. The van der Waals surface area contributed by atoms with Crippen LogP contribution < -0.4 is 15.2 Å². The molecule has 2 N–H and O–H groups in total. The lowest BCUT2D eigenvalue weighted by Gasteiger charge is -2.17. The number of amides is 1. The third-order valence-electron chi connectivity index (χ3n) is 4.56. The van der Waals surface area contributed by atoms with Crippen molar-refractivity contribution in [3.05, 3.63) is 82.8 Å². The number of hydrogen-bond donors (Lipinski definition) is 1. The van der Waals surface area contributed by atoms with Gasteiger partial charge in [-0.05, 0) is 35.7 Å². The second kappa shape index (κ2) is 7.71. The molecule has 1 aliphatic heterocycles. The van der Waals surface area contributed by atoms with Crippen molar-refractivity contribution in [3.63, 3.8) is 0 Å². The maximum absolute atomic E-state index is 14.3. The summed E-state index contributed by atoms with van der Waals surface area (Å²) in [6.07, 6.45) is 2.35. The highest BCUT2D eigenvalue weighted by molar-refractivity contribution is 6.00. The van der Waals surface area contributed by atoms with Gasteiger partial charge in [-0.25, -0.2) is 9.37 Å². The Morgan fingerprint density at radius 2 is 1.93 bits per heavy atom. The summed E-state index contributed by atoms with van der Waals surface area (Å²) in [5, 5.41) is 0. The summed E-state index contributed by atoms with van der Waals surface area (Å²) in [5.41, 5.74) is 7.57. The molecule has 0 fully saturated rings. The molecule has 0 bridgehead atoms. The van der Waals surface area contributed by atoms with Crippen molar-refractivity contribution in [1.82, 2.24) is 4.98 Å². The van der Waals surface area contributed by atoms with Crippen LogP contribution in [-0.2, 0) is 6.42 Å². The van der Waals surface area contributed by atoms with Gasteiger partial charge in [-0.2, -0.15) is 0 Å². The lowest BCUT2D eigenvalue weighted by molar-refractivity contribution is 0.0926. The van der Waals surface area contributed by atoms with Gasteiger partial charge in [0.15, 0.2) is 5.78 Å². The second-order valence-electron chi connectivity index (χ2n) is 6.64. The van der Waals surface area contributed by atoms with E-state index in [4.69, 9.17) is 15.2 Å². The maximum atomic E-state index is 14.3.